The molecule has 0 unspecified atom stereocenters. The first-order chi connectivity index (χ1) is 6.63. The third kappa shape index (κ3) is 1.20. The van der Waals surface area contributed by atoms with E-state index >= 15 is 0 Å². The molecular weight excluding hydrogens is 174 g/mol. The summed E-state index contributed by atoms with van der Waals surface area (Å²) in [6.07, 6.45) is 0.959. The van der Waals surface area contributed by atoms with E-state index < -0.39 is 0 Å². The highest BCUT2D eigenvalue weighted by molar-refractivity contribution is 5.44. The Morgan fingerprint density at radius 2 is 2.00 bits per heavy atom. The van der Waals surface area contributed by atoms with Crippen LogP contribution in [0.5, 0.6) is 0 Å². The van der Waals surface area contributed by atoms with Gasteiger partial charge in [0, 0.05) is 17.5 Å². The third-order valence-electron chi connectivity index (χ3n) is 2.79. The van der Waals surface area contributed by atoms with Crippen LogP contribution < -0.4 is 0 Å². The Bertz CT molecular complexity index is 483. The molecule has 0 amide bonds. The number of hydrogen-bond donors (Lipinski definition) is 0. The summed E-state index contributed by atoms with van der Waals surface area (Å²) in [7, 11) is 0. The minimum Gasteiger partial charge on any atom is -0.234 e. The van der Waals surface area contributed by atoms with Crippen molar-refractivity contribution in [2.75, 3.05) is 0 Å². The SMILES string of the molecule is CCc1cc2nc(C)c(C)c(C)n2n1. The van der Waals surface area contributed by atoms with E-state index in [-0.39, 0.29) is 0 Å². The average molecular weight is 189 g/mol. The molecule has 2 aromatic rings. The molecule has 0 atom stereocenters. The van der Waals surface area contributed by atoms with Crippen molar-refractivity contribution in [3.8, 4) is 0 Å². The molecule has 0 radical (unpaired) electrons. The lowest BCUT2D eigenvalue weighted by Gasteiger charge is -2.05. The monoisotopic (exact) mass is 189 g/mol. The minimum absolute atomic E-state index is 0.959. The first-order valence-electron chi connectivity index (χ1n) is 4.96. The first-order valence-corrected chi connectivity index (χ1v) is 4.96. The van der Waals surface area contributed by atoms with Crippen molar-refractivity contribution in [1.82, 2.24) is 14.6 Å². The minimum atomic E-state index is 0.959. The van der Waals surface area contributed by atoms with Gasteiger partial charge in [0.15, 0.2) is 5.65 Å². The molecule has 2 rings (SSSR count). The Hall–Kier alpha value is -1.38. The molecule has 0 aliphatic heterocycles. The van der Waals surface area contributed by atoms with Gasteiger partial charge in [-0.15, -0.1) is 0 Å². The van der Waals surface area contributed by atoms with Crippen molar-refractivity contribution in [2.45, 2.75) is 34.1 Å². The molecule has 0 saturated heterocycles. The molecule has 0 saturated carbocycles. The summed E-state index contributed by atoms with van der Waals surface area (Å²) in [5, 5.41) is 4.49. The zero-order valence-corrected chi connectivity index (χ0v) is 9.13. The van der Waals surface area contributed by atoms with Gasteiger partial charge < -0.3 is 0 Å². The van der Waals surface area contributed by atoms with Gasteiger partial charge in [0.2, 0.25) is 0 Å². The molecule has 2 aromatic heterocycles. The van der Waals surface area contributed by atoms with Gasteiger partial charge in [-0.05, 0) is 32.8 Å². The lowest BCUT2D eigenvalue weighted by Crippen LogP contribution is -2.01. The van der Waals surface area contributed by atoms with Gasteiger partial charge in [0.25, 0.3) is 0 Å². The van der Waals surface area contributed by atoms with Crippen LogP contribution >= 0.6 is 0 Å². The second-order valence-corrected chi connectivity index (χ2v) is 3.67. The van der Waals surface area contributed by atoms with Crippen LogP contribution in [-0.2, 0) is 6.42 Å². The predicted octanol–water partition coefficient (Wildman–Crippen LogP) is 2.22. The zero-order chi connectivity index (χ0) is 10.3. The van der Waals surface area contributed by atoms with Gasteiger partial charge in [-0.3, -0.25) is 0 Å². The topological polar surface area (TPSA) is 30.2 Å². The van der Waals surface area contributed by atoms with Crippen LogP contribution in [0.15, 0.2) is 6.07 Å². The van der Waals surface area contributed by atoms with Crippen LogP contribution in [0.3, 0.4) is 0 Å². The number of nitrogens with zero attached hydrogens (tertiary/aromatic N) is 3. The van der Waals surface area contributed by atoms with E-state index in [1.807, 2.05) is 11.4 Å². The fraction of sp³-hybridized carbons (Fsp3) is 0.455. The highest BCUT2D eigenvalue weighted by Crippen LogP contribution is 2.14. The molecule has 0 aliphatic rings. The second-order valence-electron chi connectivity index (χ2n) is 3.67. The molecule has 74 valence electrons. The van der Waals surface area contributed by atoms with Crippen LogP contribution in [-0.4, -0.2) is 14.6 Å². The molecule has 3 heteroatoms. The summed E-state index contributed by atoms with van der Waals surface area (Å²) in [6.45, 7) is 8.33. The van der Waals surface area contributed by atoms with E-state index in [1.54, 1.807) is 0 Å². The lowest BCUT2D eigenvalue weighted by atomic mass is 10.2. The van der Waals surface area contributed by atoms with Gasteiger partial charge in [-0.25, -0.2) is 9.50 Å². The van der Waals surface area contributed by atoms with E-state index in [4.69, 9.17) is 0 Å². The smallest absolute Gasteiger partial charge is 0.155 e. The Kier molecular flexibility index (Phi) is 2.02. The van der Waals surface area contributed by atoms with Crippen LogP contribution in [0.2, 0.25) is 0 Å². The summed E-state index contributed by atoms with van der Waals surface area (Å²) < 4.78 is 1.93. The summed E-state index contributed by atoms with van der Waals surface area (Å²) in [5.74, 6) is 0. The average Bonchev–Trinajstić information content (AvgIpc) is 2.57. The van der Waals surface area contributed by atoms with Crippen molar-refractivity contribution >= 4 is 5.65 Å². The summed E-state index contributed by atoms with van der Waals surface area (Å²) in [4.78, 5) is 4.51. The zero-order valence-electron chi connectivity index (χ0n) is 9.13. The van der Waals surface area contributed by atoms with Crippen LogP contribution in [0.25, 0.3) is 5.65 Å². The van der Waals surface area contributed by atoms with Gasteiger partial charge >= 0.3 is 0 Å². The maximum absolute atomic E-state index is 4.51. The number of aromatic nitrogens is 3. The molecule has 0 fully saturated rings. The van der Waals surface area contributed by atoms with Gasteiger partial charge in [-0.1, -0.05) is 6.92 Å². The van der Waals surface area contributed by atoms with Gasteiger partial charge in [0.05, 0.1) is 5.69 Å². The summed E-state index contributed by atoms with van der Waals surface area (Å²) in [6, 6.07) is 2.06. The van der Waals surface area contributed by atoms with E-state index in [0.29, 0.717) is 0 Å². The quantitative estimate of drug-likeness (QED) is 0.688. The second kappa shape index (κ2) is 3.08. The molecule has 0 aromatic carbocycles. The van der Waals surface area contributed by atoms with Gasteiger partial charge in [0.1, 0.15) is 0 Å². The Balaban J connectivity index is 2.81. The molecule has 0 spiro atoms. The molecule has 0 N–H and O–H groups in total. The van der Waals surface area contributed by atoms with Crippen molar-refractivity contribution in [3.05, 3.63) is 28.7 Å². The molecule has 2 heterocycles. The van der Waals surface area contributed by atoms with Crippen molar-refractivity contribution in [3.63, 3.8) is 0 Å². The maximum atomic E-state index is 4.51. The first kappa shape index (κ1) is 9.19. The number of fused-ring (bicyclic) bond motifs is 1. The van der Waals surface area contributed by atoms with Crippen molar-refractivity contribution in [2.24, 2.45) is 0 Å². The van der Waals surface area contributed by atoms with Crippen LogP contribution in [0.1, 0.15) is 29.6 Å². The Morgan fingerprint density at radius 1 is 1.29 bits per heavy atom. The van der Waals surface area contributed by atoms with Crippen LogP contribution in [0.4, 0.5) is 0 Å². The predicted molar refractivity (Wildman–Crippen MR) is 56.6 cm³/mol. The standard InChI is InChI=1S/C11H15N3/c1-5-10-6-11-12-8(3)7(2)9(4)14(11)13-10/h6H,5H2,1-4H3. The largest absolute Gasteiger partial charge is 0.234 e. The number of rotatable bonds is 1. The third-order valence-corrected chi connectivity index (χ3v) is 2.79. The molecule has 14 heavy (non-hydrogen) atoms. The van der Waals surface area contributed by atoms with E-state index in [0.717, 1.165) is 23.5 Å². The summed E-state index contributed by atoms with van der Waals surface area (Å²) >= 11 is 0. The molecular formula is C11H15N3. The van der Waals surface area contributed by atoms with Crippen LogP contribution in [0, 0.1) is 20.8 Å². The van der Waals surface area contributed by atoms with E-state index in [1.165, 1.54) is 11.3 Å². The number of aryl methyl sites for hydroxylation is 3. The maximum Gasteiger partial charge on any atom is 0.155 e. The normalized spacial score (nSPS) is 11.1. The van der Waals surface area contributed by atoms with E-state index in [2.05, 4.69) is 36.9 Å². The van der Waals surface area contributed by atoms with Crippen molar-refractivity contribution < 1.29 is 0 Å². The molecule has 0 aliphatic carbocycles. The highest BCUT2D eigenvalue weighted by Gasteiger charge is 2.07. The highest BCUT2D eigenvalue weighted by atomic mass is 15.3. The number of hydrogen-bond acceptors (Lipinski definition) is 2. The van der Waals surface area contributed by atoms with E-state index in [9.17, 15) is 0 Å². The molecule has 3 nitrogen and oxygen atoms in total. The Labute approximate surface area is 83.8 Å². The fourth-order valence-electron chi connectivity index (χ4n) is 1.59. The van der Waals surface area contributed by atoms with Gasteiger partial charge in [-0.2, -0.15) is 5.10 Å². The fourth-order valence-corrected chi connectivity index (χ4v) is 1.59. The Morgan fingerprint density at radius 3 is 2.64 bits per heavy atom. The lowest BCUT2D eigenvalue weighted by molar-refractivity contribution is 0.839. The summed E-state index contributed by atoms with van der Waals surface area (Å²) in [5.41, 5.74) is 5.57. The van der Waals surface area contributed by atoms with Crippen molar-refractivity contribution in [1.29, 1.82) is 0 Å². The molecule has 0 bridgehead atoms.